The molecule has 3 aliphatic rings. The van der Waals surface area contributed by atoms with E-state index in [1.54, 1.807) is 53.6 Å². The maximum atomic E-state index is 14.1. The molecule has 0 spiro atoms. The number of anilines is 1. The molecule has 8 heteroatoms. The number of benzene rings is 3. The molecule has 1 amide bonds. The van der Waals surface area contributed by atoms with Crippen LogP contribution < -0.4 is 19.1 Å². The summed E-state index contributed by atoms with van der Waals surface area (Å²) in [4.78, 5) is 32.8. The van der Waals surface area contributed by atoms with E-state index in [-0.39, 0.29) is 19.1 Å². The van der Waals surface area contributed by atoms with Gasteiger partial charge in [0.05, 0.1) is 11.4 Å². The molecule has 3 aromatic carbocycles. The SMILES string of the molecule is CCN1C(=O)COc2ccc(C(=O)[C@@H]3Oc4ccccc4[C@]3(O)c3cnc4c(c3)COc3ccc(C)cc3-4)cc21. The summed E-state index contributed by atoms with van der Waals surface area (Å²) < 4.78 is 17.7. The first-order chi connectivity index (χ1) is 19.4. The summed E-state index contributed by atoms with van der Waals surface area (Å²) in [7, 11) is 0. The fraction of sp³-hybridized carbons (Fsp3) is 0.219. The molecule has 3 aliphatic heterocycles. The number of pyridine rings is 1. The lowest BCUT2D eigenvalue weighted by Gasteiger charge is -2.31. The van der Waals surface area contributed by atoms with Crippen molar-refractivity contribution in [2.75, 3.05) is 18.1 Å². The topological polar surface area (TPSA) is 98.2 Å². The van der Waals surface area contributed by atoms with Gasteiger partial charge in [-0.15, -0.1) is 0 Å². The molecule has 1 N–H and O–H groups in total. The monoisotopic (exact) mass is 534 g/mol. The van der Waals surface area contributed by atoms with Crippen LogP contribution in [0.15, 0.2) is 72.9 Å². The Balaban J connectivity index is 1.32. The zero-order valence-electron chi connectivity index (χ0n) is 22.0. The van der Waals surface area contributed by atoms with Crippen LogP contribution in [-0.2, 0) is 17.0 Å². The molecule has 200 valence electrons. The van der Waals surface area contributed by atoms with E-state index in [1.807, 2.05) is 38.1 Å². The van der Waals surface area contributed by atoms with Crippen molar-refractivity contribution < 1.29 is 28.9 Å². The van der Waals surface area contributed by atoms with Crippen molar-refractivity contribution in [2.45, 2.75) is 32.2 Å². The smallest absolute Gasteiger partial charge is 0.265 e. The molecule has 1 aromatic heterocycles. The van der Waals surface area contributed by atoms with Gasteiger partial charge < -0.3 is 24.2 Å². The highest BCUT2D eigenvalue weighted by Crippen LogP contribution is 2.48. The molecule has 0 saturated carbocycles. The van der Waals surface area contributed by atoms with Gasteiger partial charge in [-0.25, -0.2) is 0 Å². The lowest BCUT2D eigenvalue weighted by Crippen LogP contribution is -2.45. The molecule has 0 saturated heterocycles. The van der Waals surface area contributed by atoms with E-state index in [0.29, 0.717) is 40.4 Å². The third kappa shape index (κ3) is 3.53. The van der Waals surface area contributed by atoms with Crippen LogP contribution in [0.3, 0.4) is 0 Å². The van der Waals surface area contributed by atoms with Crippen LogP contribution >= 0.6 is 0 Å². The van der Waals surface area contributed by atoms with E-state index in [2.05, 4.69) is 0 Å². The number of hydrogen-bond donors (Lipinski definition) is 1. The number of likely N-dealkylation sites (N-methyl/N-ethyl adjacent to an activating group) is 1. The van der Waals surface area contributed by atoms with E-state index < -0.39 is 17.5 Å². The summed E-state index contributed by atoms with van der Waals surface area (Å²) in [6.45, 7) is 4.55. The Hall–Kier alpha value is -4.69. The molecule has 8 nitrogen and oxygen atoms in total. The summed E-state index contributed by atoms with van der Waals surface area (Å²) in [5.74, 6) is 1.10. The Kier molecular flexibility index (Phi) is 5.43. The molecule has 40 heavy (non-hydrogen) atoms. The van der Waals surface area contributed by atoms with Crippen molar-refractivity contribution in [3.63, 3.8) is 0 Å². The molecule has 0 radical (unpaired) electrons. The molecule has 4 aromatic rings. The maximum absolute atomic E-state index is 14.1. The van der Waals surface area contributed by atoms with E-state index in [1.165, 1.54) is 0 Å². The Morgan fingerprint density at radius 1 is 1.02 bits per heavy atom. The Labute approximate surface area is 230 Å². The molecular formula is C32H26N2O6. The molecule has 0 aliphatic carbocycles. The zero-order valence-corrected chi connectivity index (χ0v) is 22.0. The molecule has 0 fully saturated rings. The van der Waals surface area contributed by atoms with Gasteiger partial charge in [-0.2, -0.15) is 0 Å². The number of ether oxygens (including phenoxy) is 3. The second-order valence-electron chi connectivity index (χ2n) is 10.3. The van der Waals surface area contributed by atoms with Crippen LogP contribution in [0.25, 0.3) is 11.3 Å². The normalized spacial score (nSPS) is 20.3. The minimum Gasteiger partial charge on any atom is -0.488 e. The molecule has 0 bridgehead atoms. The highest BCUT2D eigenvalue weighted by Gasteiger charge is 2.53. The van der Waals surface area contributed by atoms with Crippen LogP contribution in [0, 0.1) is 6.92 Å². The number of amides is 1. The Morgan fingerprint density at radius 2 is 1.82 bits per heavy atom. The summed E-state index contributed by atoms with van der Waals surface area (Å²) in [6.07, 6.45) is 0.331. The van der Waals surface area contributed by atoms with Gasteiger partial charge in [-0.3, -0.25) is 14.6 Å². The number of aliphatic hydroxyl groups is 1. The van der Waals surface area contributed by atoms with E-state index in [9.17, 15) is 14.7 Å². The van der Waals surface area contributed by atoms with Crippen LogP contribution in [-0.4, -0.2) is 41.0 Å². The maximum Gasteiger partial charge on any atom is 0.265 e. The number of aryl methyl sites for hydroxylation is 1. The van der Waals surface area contributed by atoms with Gasteiger partial charge in [0.15, 0.2) is 18.3 Å². The first kappa shape index (κ1) is 24.4. The standard InChI is InChI=1S/C32H26N2O6/c1-3-34-24-14-19(9-11-27(24)39-17-28(34)35)30(36)31-32(37,23-6-4-5-7-26(23)40-31)21-13-20-16-38-25-10-8-18(2)12-22(25)29(20)33-15-21/h4-15,31,37H,3,16-17H2,1-2H3/t31-,32+/m0/s1. The second-order valence-corrected chi connectivity index (χ2v) is 10.3. The molecule has 0 unspecified atom stereocenters. The Bertz CT molecular complexity index is 1720. The van der Waals surface area contributed by atoms with E-state index >= 15 is 0 Å². The third-order valence-corrected chi connectivity index (χ3v) is 7.84. The first-order valence-electron chi connectivity index (χ1n) is 13.2. The number of para-hydroxylation sites is 1. The van der Waals surface area contributed by atoms with Crippen LogP contribution in [0.1, 0.15) is 39.5 Å². The number of aromatic nitrogens is 1. The van der Waals surface area contributed by atoms with Crippen molar-refractivity contribution in [1.29, 1.82) is 0 Å². The molecule has 7 rings (SSSR count). The minimum absolute atomic E-state index is 0.0476. The molecular weight excluding hydrogens is 508 g/mol. The van der Waals surface area contributed by atoms with Gasteiger partial charge in [0, 0.05) is 40.6 Å². The van der Waals surface area contributed by atoms with Crippen molar-refractivity contribution in [3.05, 3.63) is 101 Å². The summed E-state index contributed by atoms with van der Waals surface area (Å²) in [5, 5.41) is 12.4. The van der Waals surface area contributed by atoms with E-state index in [0.717, 1.165) is 28.1 Å². The second kappa shape index (κ2) is 8.93. The Morgan fingerprint density at radius 3 is 2.67 bits per heavy atom. The molecule has 4 heterocycles. The van der Waals surface area contributed by atoms with Gasteiger partial charge in [0.2, 0.25) is 5.78 Å². The van der Waals surface area contributed by atoms with E-state index in [4.69, 9.17) is 19.2 Å². The van der Waals surface area contributed by atoms with Gasteiger partial charge in [0.25, 0.3) is 5.91 Å². The highest BCUT2D eigenvalue weighted by molar-refractivity contribution is 6.05. The van der Waals surface area contributed by atoms with Crippen molar-refractivity contribution in [2.24, 2.45) is 0 Å². The summed E-state index contributed by atoms with van der Waals surface area (Å²) in [6, 6.07) is 19.8. The fourth-order valence-electron chi connectivity index (χ4n) is 5.82. The number of carbonyl (C=O) groups is 2. The zero-order chi connectivity index (χ0) is 27.6. The van der Waals surface area contributed by atoms with Gasteiger partial charge in [-0.1, -0.05) is 29.8 Å². The van der Waals surface area contributed by atoms with Gasteiger partial charge >= 0.3 is 0 Å². The number of carbonyl (C=O) groups excluding carboxylic acids is 2. The van der Waals surface area contributed by atoms with Crippen LogP contribution in [0.4, 0.5) is 5.69 Å². The number of fused-ring (bicyclic) bond motifs is 5. The number of ketones is 1. The molecule has 2 atom stereocenters. The number of Topliss-reactive ketones (excluding diaryl/α,β-unsaturated/α-hetero) is 1. The quantitative estimate of drug-likeness (QED) is 0.383. The summed E-state index contributed by atoms with van der Waals surface area (Å²) >= 11 is 0. The third-order valence-electron chi connectivity index (χ3n) is 7.84. The lowest BCUT2D eigenvalue weighted by atomic mass is 9.80. The predicted molar refractivity (Wildman–Crippen MR) is 147 cm³/mol. The predicted octanol–water partition coefficient (Wildman–Crippen LogP) is 4.57. The van der Waals surface area contributed by atoms with Crippen LogP contribution in [0.2, 0.25) is 0 Å². The lowest BCUT2D eigenvalue weighted by molar-refractivity contribution is -0.121. The van der Waals surface area contributed by atoms with Gasteiger partial charge in [0.1, 0.15) is 23.9 Å². The summed E-state index contributed by atoms with van der Waals surface area (Å²) in [5.41, 5.74) is 3.49. The largest absolute Gasteiger partial charge is 0.488 e. The first-order valence-corrected chi connectivity index (χ1v) is 13.2. The minimum atomic E-state index is -1.81. The van der Waals surface area contributed by atoms with Crippen molar-refractivity contribution in [3.8, 4) is 28.5 Å². The highest BCUT2D eigenvalue weighted by atomic mass is 16.5. The fourth-order valence-corrected chi connectivity index (χ4v) is 5.82. The average molecular weight is 535 g/mol. The van der Waals surface area contributed by atoms with Gasteiger partial charge in [-0.05, 0) is 56.3 Å². The number of rotatable bonds is 4. The number of hydrogen-bond acceptors (Lipinski definition) is 7. The van der Waals surface area contributed by atoms with Crippen molar-refractivity contribution >= 4 is 17.4 Å². The average Bonchev–Trinajstić information content (AvgIpc) is 3.29. The van der Waals surface area contributed by atoms with Crippen molar-refractivity contribution in [1.82, 2.24) is 4.98 Å². The van der Waals surface area contributed by atoms with Crippen LogP contribution in [0.5, 0.6) is 17.2 Å². The number of nitrogens with zero attached hydrogens (tertiary/aromatic N) is 2.